The predicted molar refractivity (Wildman–Crippen MR) is 59.9 cm³/mol. The lowest BCUT2D eigenvalue weighted by Crippen LogP contribution is -2.31. The monoisotopic (exact) mass is 224 g/mol. The first-order chi connectivity index (χ1) is 7.16. The first-order valence-electron chi connectivity index (χ1n) is 4.97. The van der Waals surface area contributed by atoms with Crippen LogP contribution >= 0.6 is 11.6 Å². The first kappa shape index (κ1) is 10.5. The van der Waals surface area contributed by atoms with E-state index in [1.54, 1.807) is 29.2 Å². The third-order valence-electron chi connectivity index (χ3n) is 2.60. The molecule has 0 bridgehead atoms. The van der Waals surface area contributed by atoms with Crippen LogP contribution in [-0.2, 0) is 0 Å². The van der Waals surface area contributed by atoms with E-state index in [1.165, 1.54) is 0 Å². The number of carbonyl (C=O) groups excluding carboxylic acids is 1. The normalized spacial score (nSPS) is 20.7. The molecule has 1 fully saturated rings. The molecular formula is C11H13ClN2O. The number of nitrogens with zero attached hydrogens (tertiary/aromatic N) is 1. The maximum absolute atomic E-state index is 11.9. The summed E-state index contributed by atoms with van der Waals surface area (Å²) in [7, 11) is 0. The molecule has 0 spiro atoms. The van der Waals surface area contributed by atoms with Gasteiger partial charge in [-0.15, -0.1) is 0 Å². The van der Waals surface area contributed by atoms with Crippen LogP contribution in [0.4, 0.5) is 0 Å². The van der Waals surface area contributed by atoms with Crippen molar-refractivity contribution in [1.82, 2.24) is 4.90 Å². The number of nitrogens with two attached hydrogens (primary N) is 1. The second-order valence-corrected chi connectivity index (χ2v) is 4.24. The Morgan fingerprint density at radius 3 is 2.60 bits per heavy atom. The maximum Gasteiger partial charge on any atom is 0.253 e. The minimum Gasteiger partial charge on any atom is -0.337 e. The SMILES string of the molecule is N[C@H]1CCN(C(=O)c2ccc(Cl)cc2)C1. The van der Waals surface area contributed by atoms with Crippen molar-refractivity contribution in [2.24, 2.45) is 5.73 Å². The summed E-state index contributed by atoms with van der Waals surface area (Å²) in [5, 5.41) is 0.643. The zero-order valence-electron chi connectivity index (χ0n) is 8.32. The molecule has 0 aliphatic carbocycles. The third-order valence-corrected chi connectivity index (χ3v) is 2.86. The molecule has 1 atom stereocenters. The van der Waals surface area contributed by atoms with Gasteiger partial charge in [-0.1, -0.05) is 11.6 Å². The van der Waals surface area contributed by atoms with Crippen molar-refractivity contribution in [2.75, 3.05) is 13.1 Å². The number of carbonyl (C=O) groups is 1. The van der Waals surface area contributed by atoms with E-state index < -0.39 is 0 Å². The van der Waals surface area contributed by atoms with Crippen LogP contribution in [-0.4, -0.2) is 29.9 Å². The van der Waals surface area contributed by atoms with Crippen LogP contribution in [0, 0.1) is 0 Å². The molecule has 1 amide bonds. The number of hydrogen-bond acceptors (Lipinski definition) is 2. The van der Waals surface area contributed by atoms with Gasteiger partial charge in [0.15, 0.2) is 0 Å². The standard InChI is InChI=1S/C11H13ClN2O/c12-9-3-1-8(2-4-9)11(15)14-6-5-10(13)7-14/h1-4,10H,5-7,13H2/t10-/m0/s1. The summed E-state index contributed by atoms with van der Waals surface area (Å²) in [6.45, 7) is 1.41. The minimum atomic E-state index is 0.0413. The summed E-state index contributed by atoms with van der Waals surface area (Å²) >= 11 is 5.75. The Hall–Kier alpha value is -1.06. The van der Waals surface area contributed by atoms with Crippen LogP contribution in [0.15, 0.2) is 24.3 Å². The lowest BCUT2D eigenvalue weighted by atomic mass is 10.2. The van der Waals surface area contributed by atoms with E-state index in [9.17, 15) is 4.79 Å². The second-order valence-electron chi connectivity index (χ2n) is 3.81. The zero-order valence-corrected chi connectivity index (χ0v) is 9.07. The number of rotatable bonds is 1. The highest BCUT2D eigenvalue weighted by Crippen LogP contribution is 2.14. The number of benzene rings is 1. The van der Waals surface area contributed by atoms with Crippen LogP contribution in [0.3, 0.4) is 0 Å². The molecular weight excluding hydrogens is 212 g/mol. The van der Waals surface area contributed by atoms with Crippen molar-refractivity contribution >= 4 is 17.5 Å². The molecule has 15 heavy (non-hydrogen) atoms. The lowest BCUT2D eigenvalue weighted by molar-refractivity contribution is 0.0791. The van der Waals surface area contributed by atoms with Gasteiger partial charge in [0.05, 0.1) is 0 Å². The van der Waals surface area contributed by atoms with Crippen LogP contribution in [0.1, 0.15) is 16.8 Å². The second kappa shape index (κ2) is 4.21. The number of halogens is 1. The molecule has 0 unspecified atom stereocenters. The molecule has 1 aromatic rings. The molecule has 4 heteroatoms. The first-order valence-corrected chi connectivity index (χ1v) is 5.35. The highest BCUT2D eigenvalue weighted by Gasteiger charge is 2.24. The molecule has 3 nitrogen and oxygen atoms in total. The highest BCUT2D eigenvalue weighted by atomic mass is 35.5. The van der Waals surface area contributed by atoms with Gasteiger partial charge in [-0.3, -0.25) is 4.79 Å². The van der Waals surface area contributed by atoms with Crippen LogP contribution in [0.5, 0.6) is 0 Å². The van der Waals surface area contributed by atoms with E-state index in [0.29, 0.717) is 17.1 Å². The van der Waals surface area contributed by atoms with E-state index >= 15 is 0 Å². The van der Waals surface area contributed by atoms with Crippen LogP contribution in [0.2, 0.25) is 5.02 Å². The van der Waals surface area contributed by atoms with Crippen molar-refractivity contribution in [3.63, 3.8) is 0 Å². The third kappa shape index (κ3) is 2.30. The summed E-state index contributed by atoms with van der Waals surface area (Å²) in [5.74, 6) is 0.0413. The quantitative estimate of drug-likeness (QED) is 0.786. The lowest BCUT2D eigenvalue weighted by Gasteiger charge is -2.15. The fraction of sp³-hybridized carbons (Fsp3) is 0.364. The maximum atomic E-state index is 11.9. The van der Waals surface area contributed by atoms with Gasteiger partial charge in [0, 0.05) is 29.7 Å². The Labute approximate surface area is 93.8 Å². The number of hydrogen-bond donors (Lipinski definition) is 1. The van der Waals surface area contributed by atoms with E-state index in [1.807, 2.05) is 0 Å². The van der Waals surface area contributed by atoms with Crippen molar-refractivity contribution in [1.29, 1.82) is 0 Å². The van der Waals surface area contributed by atoms with Crippen molar-refractivity contribution in [3.05, 3.63) is 34.9 Å². The average molecular weight is 225 g/mol. The van der Waals surface area contributed by atoms with Gasteiger partial charge in [-0.05, 0) is 30.7 Å². The highest BCUT2D eigenvalue weighted by molar-refractivity contribution is 6.30. The Kier molecular flexibility index (Phi) is 2.93. The van der Waals surface area contributed by atoms with Crippen molar-refractivity contribution in [2.45, 2.75) is 12.5 Å². The van der Waals surface area contributed by atoms with E-state index in [-0.39, 0.29) is 11.9 Å². The molecule has 0 aromatic heterocycles. The molecule has 0 saturated carbocycles. The molecule has 2 rings (SSSR count). The van der Waals surface area contributed by atoms with Gasteiger partial charge in [0.2, 0.25) is 0 Å². The molecule has 2 N–H and O–H groups in total. The van der Waals surface area contributed by atoms with Gasteiger partial charge in [-0.25, -0.2) is 0 Å². The Bertz CT molecular complexity index is 363. The molecule has 1 aliphatic rings. The molecule has 0 radical (unpaired) electrons. The van der Waals surface area contributed by atoms with E-state index in [4.69, 9.17) is 17.3 Å². The predicted octanol–water partition coefficient (Wildman–Crippen LogP) is 1.51. The summed E-state index contributed by atoms with van der Waals surface area (Å²) in [4.78, 5) is 13.7. The Balaban J connectivity index is 2.11. The summed E-state index contributed by atoms with van der Waals surface area (Å²) < 4.78 is 0. The minimum absolute atomic E-state index is 0.0413. The van der Waals surface area contributed by atoms with Crippen LogP contribution < -0.4 is 5.73 Å². The van der Waals surface area contributed by atoms with Gasteiger partial charge in [0.1, 0.15) is 0 Å². The fourth-order valence-electron chi connectivity index (χ4n) is 1.75. The Morgan fingerprint density at radius 1 is 1.40 bits per heavy atom. The van der Waals surface area contributed by atoms with Gasteiger partial charge < -0.3 is 10.6 Å². The van der Waals surface area contributed by atoms with Crippen molar-refractivity contribution < 1.29 is 4.79 Å². The number of likely N-dealkylation sites (tertiary alicyclic amines) is 1. The molecule has 1 heterocycles. The Morgan fingerprint density at radius 2 is 2.07 bits per heavy atom. The van der Waals surface area contributed by atoms with Crippen molar-refractivity contribution in [3.8, 4) is 0 Å². The van der Waals surface area contributed by atoms with Gasteiger partial charge >= 0.3 is 0 Å². The summed E-state index contributed by atoms with van der Waals surface area (Å²) in [5.41, 5.74) is 6.42. The molecule has 1 aliphatic heterocycles. The molecule has 1 saturated heterocycles. The molecule has 1 aromatic carbocycles. The number of amides is 1. The summed E-state index contributed by atoms with van der Waals surface area (Å²) in [6.07, 6.45) is 0.888. The van der Waals surface area contributed by atoms with Gasteiger partial charge in [-0.2, -0.15) is 0 Å². The smallest absolute Gasteiger partial charge is 0.253 e. The fourth-order valence-corrected chi connectivity index (χ4v) is 1.87. The zero-order chi connectivity index (χ0) is 10.8. The van der Waals surface area contributed by atoms with Crippen LogP contribution in [0.25, 0.3) is 0 Å². The molecule has 80 valence electrons. The largest absolute Gasteiger partial charge is 0.337 e. The van der Waals surface area contributed by atoms with E-state index in [2.05, 4.69) is 0 Å². The van der Waals surface area contributed by atoms with Gasteiger partial charge in [0.25, 0.3) is 5.91 Å². The summed E-state index contributed by atoms with van der Waals surface area (Å²) in [6, 6.07) is 7.07. The van der Waals surface area contributed by atoms with E-state index in [0.717, 1.165) is 13.0 Å². The topological polar surface area (TPSA) is 46.3 Å². The average Bonchev–Trinajstić information content (AvgIpc) is 2.65.